The van der Waals surface area contributed by atoms with Crippen LogP contribution in [-0.2, 0) is 0 Å². The Morgan fingerprint density at radius 3 is 2.52 bits per heavy atom. The van der Waals surface area contributed by atoms with Crippen molar-refractivity contribution in [3.8, 4) is 17.0 Å². The average Bonchev–Trinajstić information content (AvgIpc) is 2.48. The third-order valence-corrected chi connectivity index (χ3v) is 2.84. The Bertz CT molecular complexity index is 627. The first kappa shape index (κ1) is 14.8. The molecule has 1 N–H and O–H groups in total. The summed E-state index contributed by atoms with van der Waals surface area (Å²) in [6.45, 7) is 5.08. The number of ether oxygens (including phenoxy) is 1. The number of aromatic nitrogens is 1. The minimum Gasteiger partial charge on any atom is -0.494 e. The highest BCUT2D eigenvalue weighted by molar-refractivity contribution is 5.65. The van der Waals surface area contributed by atoms with Crippen LogP contribution in [0.3, 0.4) is 0 Å². The van der Waals surface area contributed by atoms with E-state index in [9.17, 15) is 10.1 Å². The molecule has 0 amide bonds. The fraction of sp³-hybridized carbons (Fsp3) is 0.267. The predicted octanol–water partition coefficient (Wildman–Crippen LogP) is 3.49. The summed E-state index contributed by atoms with van der Waals surface area (Å²) in [4.78, 5) is 15.0. The van der Waals surface area contributed by atoms with Crippen LogP contribution in [0.1, 0.15) is 13.8 Å². The monoisotopic (exact) mass is 287 g/mol. The van der Waals surface area contributed by atoms with Crippen molar-refractivity contribution in [1.29, 1.82) is 0 Å². The number of nitro groups is 1. The van der Waals surface area contributed by atoms with Gasteiger partial charge in [0.25, 0.3) is 5.69 Å². The fourth-order valence-corrected chi connectivity index (χ4v) is 1.93. The van der Waals surface area contributed by atoms with Crippen LogP contribution in [0.5, 0.6) is 5.75 Å². The first-order chi connectivity index (χ1) is 10.1. The van der Waals surface area contributed by atoms with Gasteiger partial charge in [-0.05, 0) is 38.1 Å². The molecule has 0 aliphatic rings. The fourth-order valence-electron chi connectivity index (χ4n) is 1.93. The summed E-state index contributed by atoms with van der Waals surface area (Å²) in [7, 11) is 0. The molecule has 0 saturated carbocycles. The second-order valence-corrected chi connectivity index (χ2v) is 4.34. The molecular weight excluding hydrogens is 270 g/mol. The van der Waals surface area contributed by atoms with Crippen molar-refractivity contribution in [1.82, 2.24) is 4.98 Å². The standard InChI is InChI=1S/C15H17N3O3/c1-3-16-15-10-12(18(19)20)9-14(17-15)11-5-7-13(8-6-11)21-4-2/h5-10H,3-4H2,1-2H3,(H,16,17). The van der Waals surface area contributed by atoms with Crippen molar-refractivity contribution in [3.05, 3.63) is 46.5 Å². The van der Waals surface area contributed by atoms with Gasteiger partial charge in [0, 0.05) is 18.2 Å². The normalized spacial score (nSPS) is 10.2. The van der Waals surface area contributed by atoms with Crippen molar-refractivity contribution in [3.63, 3.8) is 0 Å². The molecule has 0 saturated heterocycles. The topological polar surface area (TPSA) is 77.3 Å². The molecule has 0 fully saturated rings. The van der Waals surface area contributed by atoms with Gasteiger partial charge in [0.05, 0.1) is 23.3 Å². The van der Waals surface area contributed by atoms with Gasteiger partial charge in [0.15, 0.2) is 0 Å². The Kier molecular flexibility index (Phi) is 4.71. The minimum atomic E-state index is -0.416. The summed E-state index contributed by atoms with van der Waals surface area (Å²) >= 11 is 0. The Morgan fingerprint density at radius 1 is 1.24 bits per heavy atom. The second kappa shape index (κ2) is 6.69. The molecule has 110 valence electrons. The van der Waals surface area contributed by atoms with E-state index in [2.05, 4.69) is 10.3 Å². The van der Waals surface area contributed by atoms with Gasteiger partial charge in [-0.25, -0.2) is 4.98 Å². The largest absolute Gasteiger partial charge is 0.494 e. The van der Waals surface area contributed by atoms with Crippen LogP contribution in [0.2, 0.25) is 0 Å². The molecule has 1 aromatic carbocycles. The molecule has 6 heteroatoms. The lowest BCUT2D eigenvalue weighted by Gasteiger charge is -2.07. The number of hydrogen-bond acceptors (Lipinski definition) is 5. The third kappa shape index (κ3) is 3.68. The van der Waals surface area contributed by atoms with Gasteiger partial charge in [-0.15, -0.1) is 0 Å². The van der Waals surface area contributed by atoms with E-state index in [0.717, 1.165) is 11.3 Å². The maximum Gasteiger partial charge on any atom is 0.275 e. The summed E-state index contributed by atoms with van der Waals surface area (Å²) in [5.74, 6) is 1.26. The molecule has 0 aliphatic carbocycles. The van der Waals surface area contributed by atoms with Crippen LogP contribution in [0.4, 0.5) is 11.5 Å². The predicted molar refractivity (Wildman–Crippen MR) is 81.7 cm³/mol. The summed E-state index contributed by atoms with van der Waals surface area (Å²) in [6, 6.07) is 10.2. The lowest BCUT2D eigenvalue weighted by Crippen LogP contribution is -2.01. The maximum absolute atomic E-state index is 11.0. The Balaban J connectivity index is 2.39. The molecule has 0 radical (unpaired) electrons. The molecule has 0 bridgehead atoms. The number of benzene rings is 1. The van der Waals surface area contributed by atoms with E-state index in [1.165, 1.54) is 12.1 Å². The molecule has 0 aliphatic heterocycles. The van der Waals surface area contributed by atoms with Crippen LogP contribution >= 0.6 is 0 Å². The van der Waals surface area contributed by atoms with E-state index in [4.69, 9.17) is 4.74 Å². The summed E-state index contributed by atoms with van der Waals surface area (Å²) in [5.41, 5.74) is 1.38. The quantitative estimate of drug-likeness (QED) is 0.650. The average molecular weight is 287 g/mol. The zero-order chi connectivity index (χ0) is 15.2. The van der Waals surface area contributed by atoms with Crippen molar-refractivity contribution < 1.29 is 9.66 Å². The Hall–Kier alpha value is -2.63. The molecule has 0 spiro atoms. The number of nitrogens with one attached hydrogen (secondary N) is 1. The summed E-state index contributed by atoms with van der Waals surface area (Å²) in [5, 5.41) is 14.0. The highest BCUT2D eigenvalue weighted by Gasteiger charge is 2.12. The molecule has 2 aromatic rings. The summed E-state index contributed by atoms with van der Waals surface area (Å²) in [6.07, 6.45) is 0. The number of anilines is 1. The third-order valence-electron chi connectivity index (χ3n) is 2.84. The maximum atomic E-state index is 11.0. The van der Waals surface area contributed by atoms with Gasteiger partial charge in [0.1, 0.15) is 11.6 Å². The van der Waals surface area contributed by atoms with Crippen molar-refractivity contribution in [2.24, 2.45) is 0 Å². The van der Waals surface area contributed by atoms with E-state index < -0.39 is 4.92 Å². The number of hydrogen-bond donors (Lipinski definition) is 1. The minimum absolute atomic E-state index is 0.0184. The van der Waals surface area contributed by atoms with E-state index in [1.807, 2.05) is 38.1 Å². The van der Waals surface area contributed by atoms with Crippen molar-refractivity contribution in [2.45, 2.75) is 13.8 Å². The SMILES string of the molecule is CCNc1cc([N+](=O)[O-])cc(-c2ccc(OCC)cc2)n1. The highest BCUT2D eigenvalue weighted by Crippen LogP contribution is 2.26. The van der Waals surface area contributed by atoms with Crippen LogP contribution < -0.4 is 10.1 Å². The van der Waals surface area contributed by atoms with Gasteiger partial charge in [-0.1, -0.05) is 0 Å². The zero-order valence-electron chi connectivity index (χ0n) is 12.0. The molecule has 21 heavy (non-hydrogen) atoms. The molecular formula is C15H17N3O3. The van der Waals surface area contributed by atoms with Crippen molar-refractivity contribution in [2.75, 3.05) is 18.5 Å². The number of nitrogens with zero attached hydrogens (tertiary/aromatic N) is 2. The number of pyridine rings is 1. The first-order valence-corrected chi connectivity index (χ1v) is 6.77. The molecule has 0 unspecified atom stereocenters. The van der Waals surface area contributed by atoms with Crippen LogP contribution in [0.25, 0.3) is 11.3 Å². The van der Waals surface area contributed by atoms with E-state index in [0.29, 0.717) is 24.7 Å². The van der Waals surface area contributed by atoms with Gasteiger partial charge in [-0.2, -0.15) is 0 Å². The van der Waals surface area contributed by atoms with Crippen molar-refractivity contribution >= 4 is 11.5 Å². The van der Waals surface area contributed by atoms with Gasteiger partial charge >= 0.3 is 0 Å². The highest BCUT2D eigenvalue weighted by atomic mass is 16.6. The van der Waals surface area contributed by atoms with Gasteiger partial charge in [0.2, 0.25) is 0 Å². The second-order valence-electron chi connectivity index (χ2n) is 4.34. The Labute approximate surface area is 122 Å². The zero-order valence-corrected chi connectivity index (χ0v) is 12.0. The Morgan fingerprint density at radius 2 is 1.95 bits per heavy atom. The van der Waals surface area contributed by atoms with E-state index >= 15 is 0 Å². The lowest BCUT2D eigenvalue weighted by molar-refractivity contribution is -0.384. The number of rotatable bonds is 6. The molecule has 2 rings (SSSR count). The molecule has 0 atom stereocenters. The first-order valence-electron chi connectivity index (χ1n) is 6.77. The van der Waals surface area contributed by atoms with Gasteiger partial charge < -0.3 is 10.1 Å². The smallest absolute Gasteiger partial charge is 0.275 e. The molecule has 1 heterocycles. The van der Waals surface area contributed by atoms with Crippen LogP contribution in [0, 0.1) is 10.1 Å². The van der Waals surface area contributed by atoms with Gasteiger partial charge in [-0.3, -0.25) is 10.1 Å². The van der Waals surface area contributed by atoms with E-state index in [1.54, 1.807) is 0 Å². The van der Waals surface area contributed by atoms with E-state index in [-0.39, 0.29) is 5.69 Å². The van der Waals surface area contributed by atoms with Crippen LogP contribution in [-0.4, -0.2) is 23.1 Å². The molecule has 1 aromatic heterocycles. The lowest BCUT2D eigenvalue weighted by atomic mass is 10.1. The van der Waals surface area contributed by atoms with Crippen LogP contribution in [0.15, 0.2) is 36.4 Å². The molecule has 6 nitrogen and oxygen atoms in total. The summed E-state index contributed by atoms with van der Waals surface area (Å²) < 4.78 is 5.38.